The largest absolute Gasteiger partial charge is 0.353 e. The standard InChI is InChI=1S/C27H44N8O3/c1-27(2,29)24(36)33-14-16-34(17-15-33)25(37)30-23-12-13-35(26(38)31-23)22-8-4-19(5-9-22)18-32(3)21-10-6-20(28)7-11-21/h8,12-13,19-21H,4-7,9-11,14-18,28-29H2,1-3H3,(H,30,31,37,38). The summed E-state index contributed by atoms with van der Waals surface area (Å²) in [5.74, 6) is 0.668. The van der Waals surface area contributed by atoms with Gasteiger partial charge in [0.2, 0.25) is 5.91 Å². The average Bonchev–Trinajstić information content (AvgIpc) is 2.89. The number of anilines is 1. The van der Waals surface area contributed by atoms with E-state index in [1.54, 1.807) is 40.5 Å². The molecule has 210 valence electrons. The van der Waals surface area contributed by atoms with Gasteiger partial charge in [0.1, 0.15) is 5.82 Å². The van der Waals surface area contributed by atoms with Crippen molar-refractivity contribution >= 4 is 23.5 Å². The summed E-state index contributed by atoms with van der Waals surface area (Å²) in [6.07, 6.45) is 11.2. The maximum Gasteiger partial charge on any atom is 0.353 e. The molecule has 1 atom stereocenters. The summed E-state index contributed by atoms with van der Waals surface area (Å²) in [5.41, 5.74) is 11.6. The number of aromatic nitrogens is 2. The van der Waals surface area contributed by atoms with Crippen LogP contribution in [-0.4, -0.2) is 93.6 Å². The first-order valence-corrected chi connectivity index (χ1v) is 13.9. The van der Waals surface area contributed by atoms with E-state index in [2.05, 4.69) is 28.3 Å². The fourth-order valence-electron chi connectivity index (χ4n) is 5.76. The van der Waals surface area contributed by atoms with Crippen molar-refractivity contribution in [3.63, 3.8) is 0 Å². The van der Waals surface area contributed by atoms with Crippen LogP contribution in [0.1, 0.15) is 58.8 Å². The van der Waals surface area contributed by atoms with Gasteiger partial charge in [0.15, 0.2) is 0 Å². The molecule has 0 bridgehead atoms. The number of piperazine rings is 1. The number of hydrogen-bond acceptors (Lipinski definition) is 7. The fourth-order valence-corrected chi connectivity index (χ4v) is 5.76. The normalized spacial score (nSPS) is 24.8. The molecule has 3 amide bonds. The lowest BCUT2D eigenvalue weighted by Gasteiger charge is -2.37. The van der Waals surface area contributed by atoms with Gasteiger partial charge in [0, 0.05) is 56.7 Å². The minimum Gasteiger partial charge on any atom is -0.338 e. The van der Waals surface area contributed by atoms with Crippen LogP contribution in [0, 0.1) is 5.92 Å². The monoisotopic (exact) mass is 528 g/mol. The highest BCUT2D eigenvalue weighted by Crippen LogP contribution is 2.28. The van der Waals surface area contributed by atoms with E-state index in [-0.39, 0.29) is 17.8 Å². The molecule has 0 spiro atoms. The van der Waals surface area contributed by atoms with Gasteiger partial charge in [-0.3, -0.25) is 14.7 Å². The highest BCUT2D eigenvalue weighted by atomic mass is 16.2. The molecular formula is C27H44N8O3. The Morgan fingerprint density at radius 1 is 1.11 bits per heavy atom. The molecule has 11 heteroatoms. The highest BCUT2D eigenvalue weighted by Gasteiger charge is 2.31. The first kappa shape index (κ1) is 28.3. The van der Waals surface area contributed by atoms with Crippen LogP contribution in [0.5, 0.6) is 0 Å². The van der Waals surface area contributed by atoms with Crippen molar-refractivity contribution in [1.29, 1.82) is 0 Å². The summed E-state index contributed by atoms with van der Waals surface area (Å²) >= 11 is 0. The number of nitrogens with one attached hydrogen (secondary N) is 1. The Bertz CT molecular complexity index is 1080. The summed E-state index contributed by atoms with van der Waals surface area (Å²) in [7, 11) is 2.22. The lowest BCUT2D eigenvalue weighted by atomic mass is 9.88. The van der Waals surface area contributed by atoms with Crippen molar-refractivity contribution in [2.75, 3.05) is 45.1 Å². The van der Waals surface area contributed by atoms with Crippen LogP contribution in [0.3, 0.4) is 0 Å². The Kier molecular flexibility index (Phi) is 8.89. The molecule has 1 aromatic rings. The van der Waals surface area contributed by atoms with E-state index in [1.165, 1.54) is 12.8 Å². The van der Waals surface area contributed by atoms with E-state index in [0.29, 0.717) is 44.2 Å². The molecule has 0 radical (unpaired) electrons. The highest BCUT2D eigenvalue weighted by molar-refractivity contribution is 5.89. The molecule has 3 aliphatic rings. The molecule has 1 unspecified atom stereocenters. The van der Waals surface area contributed by atoms with Gasteiger partial charge in [0.05, 0.1) is 5.54 Å². The van der Waals surface area contributed by atoms with E-state index in [0.717, 1.165) is 44.3 Å². The maximum atomic E-state index is 12.8. The van der Waals surface area contributed by atoms with E-state index in [9.17, 15) is 14.4 Å². The van der Waals surface area contributed by atoms with Gasteiger partial charge in [-0.05, 0) is 77.8 Å². The minimum atomic E-state index is -0.937. The number of urea groups is 1. The second kappa shape index (κ2) is 12.0. The average molecular weight is 529 g/mol. The third-order valence-electron chi connectivity index (χ3n) is 8.16. The fraction of sp³-hybridized carbons (Fsp3) is 0.704. The number of carbonyl (C=O) groups excluding carboxylic acids is 2. The summed E-state index contributed by atoms with van der Waals surface area (Å²) in [5, 5.41) is 2.72. The van der Waals surface area contributed by atoms with Gasteiger partial charge >= 0.3 is 11.7 Å². The van der Waals surface area contributed by atoms with E-state index < -0.39 is 11.2 Å². The lowest BCUT2D eigenvalue weighted by Crippen LogP contribution is -2.58. The number of carbonyl (C=O) groups is 2. The zero-order valence-electron chi connectivity index (χ0n) is 23.1. The van der Waals surface area contributed by atoms with Crippen molar-refractivity contribution in [3.8, 4) is 0 Å². The quantitative estimate of drug-likeness (QED) is 0.508. The maximum absolute atomic E-state index is 12.8. The molecule has 4 rings (SSSR count). The Labute approximate surface area is 225 Å². The van der Waals surface area contributed by atoms with Crippen LogP contribution in [-0.2, 0) is 4.79 Å². The Hall–Kier alpha value is -2.76. The second-order valence-corrected chi connectivity index (χ2v) is 11.7. The van der Waals surface area contributed by atoms with Crippen LogP contribution in [0.4, 0.5) is 10.6 Å². The van der Waals surface area contributed by atoms with Crippen LogP contribution >= 0.6 is 0 Å². The smallest absolute Gasteiger partial charge is 0.338 e. The van der Waals surface area contributed by atoms with Crippen molar-refractivity contribution in [2.45, 2.75) is 76.4 Å². The predicted molar refractivity (Wildman–Crippen MR) is 148 cm³/mol. The van der Waals surface area contributed by atoms with Crippen LogP contribution in [0.25, 0.3) is 5.70 Å². The molecule has 0 aromatic carbocycles. The van der Waals surface area contributed by atoms with Gasteiger partial charge in [-0.2, -0.15) is 4.98 Å². The number of allylic oxidation sites excluding steroid dienone is 2. The Morgan fingerprint density at radius 2 is 1.76 bits per heavy atom. The van der Waals surface area contributed by atoms with Gasteiger partial charge in [-0.15, -0.1) is 0 Å². The van der Waals surface area contributed by atoms with Crippen LogP contribution < -0.4 is 22.5 Å². The molecule has 2 heterocycles. The molecule has 11 nitrogen and oxygen atoms in total. The van der Waals surface area contributed by atoms with Crippen molar-refractivity contribution < 1.29 is 9.59 Å². The van der Waals surface area contributed by atoms with Crippen LogP contribution in [0.15, 0.2) is 23.1 Å². The van der Waals surface area contributed by atoms with E-state index in [4.69, 9.17) is 11.5 Å². The zero-order valence-corrected chi connectivity index (χ0v) is 23.1. The van der Waals surface area contributed by atoms with Crippen LogP contribution in [0.2, 0.25) is 0 Å². The molecular weight excluding hydrogens is 484 g/mol. The third-order valence-corrected chi connectivity index (χ3v) is 8.16. The zero-order chi connectivity index (χ0) is 27.4. The first-order valence-electron chi connectivity index (χ1n) is 13.9. The van der Waals surface area contributed by atoms with Crippen molar-refractivity contribution in [3.05, 3.63) is 28.8 Å². The molecule has 5 N–H and O–H groups in total. The second-order valence-electron chi connectivity index (χ2n) is 11.7. The SMILES string of the molecule is CN(CC1CC=C(n2ccc(NC(=O)N3CCN(C(=O)C(C)(C)N)CC3)nc2=O)CC1)C1CCC(N)CC1. The Balaban J connectivity index is 1.27. The van der Waals surface area contributed by atoms with Gasteiger partial charge in [0.25, 0.3) is 0 Å². The predicted octanol–water partition coefficient (Wildman–Crippen LogP) is 1.50. The lowest BCUT2D eigenvalue weighted by molar-refractivity contribution is -0.137. The Morgan fingerprint density at radius 3 is 2.34 bits per heavy atom. The summed E-state index contributed by atoms with van der Waals surface area (Å²) in [6, 6.07) is 2.31. The van der Waals surface area contributed by atoms with Gasteiger partial charge in [-0.25, -0.2) is 9.59 Å². The number of nitrogens with two attached hydrogens (primary N) is 2. The minimum absolute atomic E-state index is 0.132. The summed E-state index contributed by atoms with van der Waals surface area (Å²) in [4.78, 5) is 47.7. The summed E-state index contributed by atoms with van der Waals surface area (Å²) < 4.78 is 1.58. The molecule has 1 saturated carbocycles. The van der Waals surface area contributed by atoms with E-state index in [1.807, 2.05) is 0 Å². The van der Waals surface area contributed by atoms with Gasteiger partial charge in [-0.1, -0.05) is 6.08 Å². The molecule has 2 aliphatic carbocycles. The number of hydrogen-bond donors (Lipinski definition) is 3. The van der Waals surface area contributed by atoms with Crippen molar-refractivity contribution in [2.24, 2.45) is 17.4 Å². The third kappa shape index (κ3) is 7.00. The molecule has 1 aromatic heterocycles. The summed E-state index contributed by atoms with van der Waals surface area (Å²) in [6.45, 7) is 6.04. The van der Waals surface area contributed by atoms with E-state index >= 15 is 0 Å². The molecule has 2 fully saturated rings. The number of rotatable bonds is 6. The number of amides is 3. The van der Waals surface area contributed by atoms with Gasteiger partial charge < -0.3 is 26.2 Å². The number of nitrogens with zero attached hydrogens (tertiary/aromatic N) is 5. The molecule has 1 saturated heterocycles. The molecule has 38 heavy (non-hydrogen) atoms. The molecule has 1 aliphatic heterocycles. The first-order chi connectivity index (χ1) is 18.0. The van der Waals surface area contributed by atoms with Crippen molar-refractivity contribution in [1.82, 2.24) is 24.3 Å². The topological polar surface area (TPSA) is 143 Å².